The Kier molecular flexibility index (Phi) is 4.75. The first-order valence-corrected chi connectivity index (χ1v) is 6.61. The highest BCUT2D eigenvalue weighted by Crippen LogP contribution is 2.05. The van der Waals surface area contributed by atoms with E-state index < -0.39 is 6.10 Å². The quantitative estimate of drug-likeness (QED) is 0.657. The van der Waals surface area contributed by atoms with Crippen LogP contribution in [0.5, 0.6) is 0 Å². The molecular formula is C13H15FN4OS. The molecule has 2 N–H and O–H groups in total. The van der Waals surface area contributed by atoms with Gasteiger partial charge < -0.3 is 5.11 Å². The number of nitrogens with zero attached hydrogens (tertiary/aromatic N) is 3. The molecule has 1 aromatic heterocycles. The highest BCUT2D eigenvalue weighted by Gasteiger charge is 2.06. The Balaban J connectivity index is 2.18. The van der Waals surface area contributed by atoms with E-state index in [1.165, 1.54) is 16.8 Å². The summed E-state index contributed by atoms with van der Waals surface area (Å²) in [5, 5.41) is 20.3. The van der Waals surface area contributed by atoms with Crippen LogP contribution in [0, 0.1) is 10.6 Å². The lowest BCUT2D eigenvalue weighted by molar-refractivity contribution is 0.184. The van der Waals surface area contributed by atoms with Gasteiger partial charge in [-0.1, -0.05) is 12.1 Å². The summed E-state index contributed by atoms with van der Waals surface area (Å²) in [7, 11) is 0. The van der Waals surface area contributed by atoms with Gasteiger partial charge in [-0.15, -0.1) is 0 Å². The van der Waals surface area contributed by atoms with Gasteiger partial charge in [0, 0.05) is 6.42 Å². The molecule has 20 heavy (non-hydrogen) atoms. The summed E-state index contributed by atoms with van der Waals surface area (Å²) in [6.45, 7) is 1.72. The minimum absolute atomic E-state index is 0.292. The van der Waals surface area contributed by atoms with Gasteiger partial charge in [0.25, 0.3) is 0 Å². The van der Waals surface area contributed by atoms with Crippen molar-refractivity contribution >= 4 is 18.4 Å². The first-order valence-electron chi connectivity index (χ1n) is 6.20. The van der Waals surface area contributed by atoms with Crippen LogP contribution in [0.1, 0.15) is 24.7 Å². The van der Waals surface area contributed by atoms with Crippen LogP contribution in [-0.2, 0) is 6.42 Å². The molecule has 0 aliphatic rings. The molecular weight excluding hydrogens is 279 g/mol. The first kappa shape index (κ1) is 14.5. The molecule has 1 heterocycles. The zero-order chi connectivity index (χ0) is 14.5. The minimum Gasteiger partial charge on any atom is -0.393 e. The number of rotatable bonds is 5. The van der Waals surface area contributed by atoms with Crippen LogP contribution in [0.3, 0.4) is 0 Å². The summed E-state index contributed by atoms with van der Waals surface area (Å²) in [6, 6.07) is 5.98. The molecule has 0 spiro atoms. The van der Waals surface area contributed by atoms with E-state index in [1.807, 2.05) is 0 Å². The van der Waals surface area contributed by atoms with Gasteiger partial charge in [-0.25, -0.2) is 4.39 Å². The molecule has 1 unspecified atom stereocenters. The molecule has 0 bridgehead atoms. The van der Waals surface area contributed by atoms with Crippen molar-refractivity contribution in [2.75, 3.05) is 0 Å². The van der Waals surface area contributed by atoms with Crippen molar-refractivity contribution in [1.29, 1.82) is 0 Å². The Bertz CT molecular complexity index is 645. The van der Waals surface area contributed by atoms with Gasteiger partial charge in [-0.3, -0.25) is 5.10 Å². The van der Waals surface area contributed by atoms with Crippen molar-refractivity contribution in [3.05, 3.63) is 46.2 Å². The highest BCUT2D eigenvalue weighted by molar-refractivity contribution is 7.71. The number of aryl methyl sites for hydroxylation is 1. The molecule has 0 saturated carbocycles. The third-order valence-corrected chi connectivity index (χ3v) is 2.96. The SMILES string of the molecule is CC(O)CCc1n[nH]c(=S)n1/N=C/c1ccc(F)cc1. The van der Waals surface area contributed by atoms with Crippen molar-refractivity contribution in [2.24, 2.45) is 5.10 Å². The summed E-state index contributed by atoms with van der Waals surface area (Å²) >= 11 is 5.10. The van der Waals surface area contributed by atoms with Gasteiger partial charge in [0.2, 0.25) is 4.77 Å². The van der Waals surface area contributed by atoms with Crippen molar-refractivity contribution in [2.45, 2.75) is 25.9 Å². The lowest BCUT2D eigenvalue weighted by Crippen LogP contribution is -2.06. The number of hydrogen-bond acceptors (Lipinski definition) is 4. The Morgan fingerprint density at radius 1 is 1.50 bits per heavy atom. The lowest BCUT2D eigenvalue weighted by atomic mass is 10.2. The van der Waals surface area contributed by atoms with E-state index in [9.17, 15) is 9.50 Å². The van der Waals surface area contributed by atoms with Gasteiger partial charge in [-0.05, 0) is 43.3 Å². The average Bonchev–Trinajstić information content (AvgIpc) is 2.76. The number of aromatic nitrogens is 3. The van der Waals surface area contributed by atoms with Crippen LogP contribution < -0.4 is 0 Å². The molecule has 5 nitrogen and oxygen atoms in total. The molecule has 0 fully saturated rings. The summed E-state index contributed by atoms with van der Waals surface area (Å²) in [5.74, 6) is 0.356. The molecule has 1 aromatic carbocycles. The Labute approximate surface area is 120 Å². The van der Waals surface area contributed by atoms with E-state index >= 15 is 0 Å². The summed E-state index contributed by atoms with van der Waals surface area (Å²) in [6.07, 6.45) is 2.31. The van der Waals surface area contributed by atoms with E-state index in [0.717, 1.165) is 5.56 Å². The zero-order valence-corrected chi connectivity index (χ0v) is 11.8. The monoisotopic (exact) mass is 294 g/mol. The standard InChI is InChI=1S/C13H15FN4OS/c1-9(19)2-7-12-16-17-13(20)18(12)15-8-10-3-5-11(14)6-4-10/h3-6,8-9,19H,2,7H2,1H3,(H,17,20)/b15-8+. The second-order valence-corrected chi connectivity index (χ2v) is 4.83. The molecule has 1 atom stereocenters. The number of aliphatic hydroxyl groups excluding tert-OH is 1. The lowest BCUT2D eigenvalue weighted by Gasteiger charge is -2.03. The largest absolute Gasteiger partial charge is 0.393 e. The van der Waals surface area contributed by atoms with E-state index in [0.29, 0.717) is 23.4 Å². The van der Waals surface area contributed by atoms with Crippen LogP contribution in [-0.4, -0.2) is 32.3 Å². The van der Waals surface area contributed by atoms with E-state index in [-0.39, 0.29) is 5.82 Å². The summed E-state index contributed by atoms with van der Waals surface area (Å²) in [5.41, 5.74) is 0.760. The molecule has 0 radical (unpaired) electrons. The normalized spacial score (nSPS) is 12.9. The number of hydrogen-bond donors (Lipinski definition) is 2. The molecule has 2 rings (SSSR count). The van der Waals surface area contributed by atoms with Crippen molar-refractivity contribution in [3.8, 4) is 0 Å². The van der Waals surface area contributed by atoms with Crippen LogP contribution >= 0.6 is 12.2 Å². The van der Waals surface area contributed by atoms with Crippen molar-refractivity contribution in [3.63, 3.8) is 0 Å². The van der Waals surface area contributed by atoms with Gasteiger partial charge in [0.05, 0.1) is 12.3 Å². The second kappa shape index (κ2) is 6.53. The smallest absolute Gasteiger partial charge is 0.216 e. The Morgan fingerprint density at radius 3 is 2.85 bits per heavy atom. The average molecular weight is 294 g/mol. The number of nitrogens with one attached hydrogen (secondary N) is 1. The van der Waals surface area contributed by atoms with Crippen LogP contribution in [0.2, 0.25) is 0 Å². The molecule has 2 aromatic rings. The second-order valence-electron chi connectivity index (χ2n) is 4.44. The number of aliphatic hydroxyl groups is 1. The number of aromatic amines is 1. The number of H-pyrrole nitrogens is 1. The third kappa shape index (κ3) is 3.82. The van der Waals surface area contributed by atoms with Gasteiger partial charge in [0.1, 0.15) is 5.82 Å². The van der Waals surface area contributed by atoms with Crippen LogP contribution in [0.4, 0.5) is 4.39 Å². The predicted octanol–water partition coefficient (Wildman–Crippen LogP) is 2.28. The van der Waals surface area contributed by atoms with Crippen LogP contribution in [0.25, 0.3) is 0 Å². The fourth-order valence-electron chi connectivity index (χ4n) is 1.62. The van der Waals surface area contributed by atoms with Gasteiger partial charge >= 0.3 is 0 Å². The molecule has 0 aliphatic heterocycles. The molecule has 0 amide bonds. The van der Waals surface area contributed by atoms with Crippen molar-refractivity contribution in [1.82, 2.24) is 14.9 Å². The topological polar surface area (TPSA) is 66.2 Å². The maximum atomic E-state index is 12.8. The predicted molar refractivity (Wildman–Crippen MR) is 76.8 cm³/mol. The highest BCUT2D eigenvalue weighted by atomic mass is 32.1. The van der Waals surface area contributed by atoms with E-state index in [4.69, 9.17) is 12.2 Å². The number of halogens is 1. The Morgan fingerprint density at radius 2 is 2.20 bits per heavy atom. The molecule has 7 heteroatoms. The molecule has 0 aliphatic carbocycles. The first-order chi connectivity index (χ1) is 9.56. The van der Waals surface area contributed by atoms with Crippen molar-refractivity contribution < 1.29 is 9.50 Å². The molecule has 106 valence electrons. The third-order valence-electron chi connectivity index (χ3n) is 2.70. The zero-order valence-electron chi connectivity index (χ0n) is 11.0. The maximum Gasteiger partial charge on any atom is 0.216 e. The number of benzene rings is 1. The van der Waals surface area contributed by atoms with E-state index in [1.54, 1.807) is 25.3 Å². The van der Waals surface area contributed by atoms with Crippen LogP contribution in [0.15, 0.2) is 29.4 Å². The summed E-state index contributed by atoms with van der Waals surface area (Å²) in [4.78, 5) is 0. The Hall–Kier alpha value is -1.86. The molecule has 0 saturated heterocycles. The van der Waals surface area contributed by atoms with E-state index in [2.05, 4.69) is 15.3 Å². The van der Waals surface area contributed by atoms with Gasteiger partial charge in [0.15, 0.2) is 5.82 Å². The fourth-order valence-corrected chi connectivity index (χ4v) is 1.81. The maximum absolute atomic E-state index is 12.8. The fraction of sp³-hybridized carbons (Fsp3) is 0.308. The summed E-state index contributed by atoms with van der Waals surface area (Å²) < 4.78 is 14.7. The minimum atomic E-state index is -0.408. The van der Waals surface area contributed by atoms with Gasteiger partial charge in [-0.2, -0.15) is 14.9 Å².